The van der Waals surface area contributed by atoms with Crippen LogP contribution in [0, 0.1) is 12.8 Å². The number of thiazole rings is 1. The van der Waals surface area contributed by atoms with Crippen molar-refractivity contribution in [2.24, 2.45) is 5.92 Å². The highest BCUT2D eigenvalue weighted by atomic mass is 35.5. The lowest BCUT2D eigenvalue weighted by Crippen LogP contribution is -2.46. The Balaban J connectivity index is 1.37. The van der Waals surface area contributed by atoms with E-state index in [1.165, 1.54) is 4.88 Å². The molecule has 7 heteroatoms. The van der Waals surface area contributed by atoms with E-state index in [2.05, 4.69) is 34.6 Å². The van der Waals surface area contributed by atoms with Gasteiger partial charge in [0.2, 0.25) is 5.91 Å². The molecule has 3 aliphatic rings. The zero-order valence-electron chi connectivity index (χ0n) is 18.9. The standard InChI is InChI=1S/C26H28ClN3O2S/c1-17-14-21(8-4-9-22(17)27)26(32)30-13-5-10-23(30)25(31)28-15-19-6-3-7-20(12-11-19)24-18(2)29-16-33-24/h4,6-9,11-12,14,16-17,23H,3,5,10,13,15H2,1-2H3,(H,28,31). The maximum atomic E-state index is 13.2. The van der Waals surface area contributed by atoms with E-state index in [1.54, 1.807) is 28.4 Å². The smallest absolute Gasteiger partial charge is 0.254 e. The molecule has 1 N–H and O–H groups in total. The molecule has 0 spiro atoms. The molecule has 1 fully saturated rings. The number of rotatable bonds is 5. The first kappa shape index (κ1) is 23.5. The summed E-state index contributed by atoms with van der Waals surface area (Å²) in [5.74, 6) is -0.247. The van der Waals surface area contributed by atoms with Crippen LogP contribution in [0.1, 0.15) is 36.8 Å². The molecule has 172 valence electrons. The summed E-state index contributed by atoms with van der Waals surface area (Å²) in [7, 11) is 0. The first-order valence-electron chi connectivity index (χ1n) is 11.3. The molecule has 0 bridgehead atoms. The zero-order chi connectivity index (χ0) is 23.4. The fraction of sp³-hybridized carbons (Fsp3) is 0.346. The number of amides is 2. The molecule has 2 atom stereocenters. The molecule has 0 aromatic carbocycles. The molecule has 2 unspecified atom stereocenters. The van der Waals surface area contributed by atoms with Gasteiger partial charge in [0, 0.05) is 29.6 Å². The summed E-state index contributed by atoms with van der Waals surface area (Å²) in [4.78, 5) is 33.4. The van der Waals surface area contributed by atoms with Gasteiger partial charge in [-0.3, -0.25) is 9.59 Å². The lowest BCUT2D eigenvalue weighted by molar-refractivity contribution is -0.135. The van der Waals surface area contributed by atoms with Crippen LogP contribution in [-0.2, 0) is 9.59 Å². The van der Waals surface area contributed by atoms with Gasteiger partial charge in [0.05, 0.1) is 16.1 Å². The minimum absolute atomic E-state index is 0.0308. The highest BCUT2D eigenvalue weighted by molar-refractivity contribution is 7.11. The van der Waals surface area contributed by atoms with Crippen molar-refractivity contribution in [2.45, 2.75) is 39.2 Å². The number of aromatic nitrogens is 1. The minimum atomic E-state index is -0.447. The average molecular weight is 482 g/mol. The molecule has 1 aromatic heterocycles. The van der Waals surface area contributed by atoms with E-state index in [4.69, 9.17) is 11.6 Å². The van der Waals surface area contributed by atoms with E-state index < -0.39 is 6.04 Å². The number of carbonyl (C=O) groups excluding carboxylic acids is 2. The topological polar surface area (TPSA) is 62.3 Å². The Labute approximate surface area is 203 Å². The SMILES string of the molecule is Cc1ncsc1C1=CCC=C(CNC(=O)C2CCCN2C(=O)C2=CC(C)C(Cl)=CC=C2)C=C1. The van der Waals surface area contributed by atoms with Crippen molar-refractivity contribution in [3.63, 3.8) is 0 Å². The van der Waals surface area contributed by atoms with Gasteiger partial charge in [0.25, 0.3) is 5.91 Å². The number of likely N-dealkylation sites (tertiary alicyclic amines) is 1. The van der Waals surface area contributed by atoms with Gasteiger partial charge in [-0.2, -0.15) is 0 Å². The quantitative estimate of drug-likeness (QED) is 0.637. The molecular weight excluding hydrogens is 454 g/mol. The summed E-state index contributed by atoms with van der Waals surface area (Å²) in [6.07, 6.45) is 18.0. The Kier molecular flexibility index (Phi) is 7.46. The van der Waals surface area contributed by atoms with Crippen LogP contribution in [0.3, 0.4) is 0 Å². The Morgan fingerprint density at radius 3 is 2.91 bits per heavy atom. The van der Waals surface area contributed by atoms with E-state index in [0.29, 0.717) is 30.1 Å². The minimum Gasteiger partial charge on any atom is -0.350 e. The summed E-state index contributed by atoms with van der Waals surface area (Å²) in [5.41, 5.74) is 5.69. The van der Waals surface area contributed by atoms with Crippen LogP contribution < -0.4 is 5.32 Å². The Morgan fingerprint density at radius 2 is 2.12 bits per heavy atom. The van der Waals surface area contributed by atoms with Crippen LogP contribution in [0.15, 0.2) is 70.3 Å². The van der Waals surface area contributed by atoms with Gasteiger partial charge in [-0.1, -0.05) is 55.0 Å². The van der Waals surface area contributed by atoms with Crippen LogP contribution in [-0.4, -0.2) is 40.8 Å². The van der Waals surface area contributed by atoms with Gasteiger partial charge >= 0.3 is 0 Å². The van der Waals surface area contributed by atoms with Gasteiger partial charge in [-0.25, -0.2) is 4.98 Å². The maximum absolute atomic E-state index is 13.2. The normalized spacial score (nSPS) is 22.7. The van der Waals surface area contributed by atoms with Crippen molar-refractivity contribution in [2.75, 3.05) is 13.1 Å². The summed E-state index contributed by atoms with van der Waals surface area (Å²) in [5, 5.41) is 3.74. The van der Waals surface area contributed by atoms with Crippen molar-refractivity contribution in [1.29, 1.82) is 0 Å². The predicted octanol–water partition coefficient (Wildman–Crippen LogP) is 5.08. The second kappa shape index (κ2) is 10.5. The van der Waals surface area contributed by atoms with E-state index in [0.717, 1.165) is 29.7 Å². The molecule has 1 aliphatic heterocycles. The van der Waals surface area contributed by atoms with Crippen molar-refractivity contribution in [1.82, 2.24) is 15.2 Å². The number of nitrogens with zero attached hydrogens (tertiary/aromatic N) is 2. The summed E-state index contributed by atoms with van der Waals surface area (Å²) in [6.45, 7) is 5.00. The molecule has 1 aromatic rings. The van der Waals surface area contributed by atoms with Crippen molar-refractivity contribution >= 4 is 40.3 Å². The molecule has 0 radical (unpaired) electrons. The fourth-order valence-corrected chi connectivity index (χ4v) is 5.21. The highest BCUT2D eigenvalue weighted by Crippen LogP contribution is 2.27. The highest BCUT2D eigenvalue weighted by Gasteiger charge is 2.35. The van der Waals surface area contributed by atoms with Crippen LogP contribution >= 0.6 is 22.9 Å². The molecule has 2 aliphatic carbocycles. The third kappa shape index (κ3) is 5.45. The number of hydrogen-bond acceptors (Lipinski definition) is 4. The predicted molar refractivity (Wildman–Crippen MR) is 135 cm³/mol. The van der Waals surface area contributed by atoms with Crippen LogP contribution in [0.2, 0.25) is 0 Å². The Bertz CT molecular complexity index is 1120. The van der Waals surface area contributed by atoms with Gasteiger partial charge in [0.15, 0.2) is 0 Å². The third-order valence-electron chi connectivity index (χ3n) is 6.13. The summed E-state index contributed by atoms with van der Waals surface area (Å²) in [6, 6.07) is -0.447. The second-order valence-corrected chi connectivity index (χ2v) is 9.76. The Hall–Kier alpha value is -2.70. The number of allylic oxidation sites excluding steroid dienone is 8. The number of halogens is 1. The molecule has 5 nitrogen and oxygen atoms in total. The molecule has 2 heterocycles. The molecule has 4 rings (SSSR count). The van der Waals surface area contributed by atoms with E-state index >= 15 is 0 Å². The van der Waals surface area contributed by atoms with Gasteiger partial charge in [0.1, 0.15) is 6.04 Å². The first-order chi connectivity index (χ1) is 15.9. The number of hydrogen-bond donors (Lipinski definition) is 1. The summed E-state index contributed by atoms with van der Waals surface area (Å²) < 4.78 is 0. The zero-order valence-corrected chi connectivity index (χ0v) is 20.5. The van der Waals surface area contributed by atoms with Crippen LogP contribution in [0.25, 0.3) is 5.57 Å². The lowest BCUT2D eigenvalue weighted by atomic mass is 10.1. The largest absolute Gasteiger partial charge is 0.350 e. The number of nitrogens with one attached hydrogen (secondary N) is 1. The van der Waals surface area contributed by atoms with E-state index in [9.17, 15) is 9.59 Å². The molecule has 0 saturated carbocycles. The monoisotopic (exact) mass is 481 g/mol. The lowest BCUT2D eigenvalue weighted by Gasteiger charge is -2.24. The molecule has 33 heavy (non-hydrogen) atoms. The van der Waals surface area contributed by atoms with Gasteiger partial charge in [-0.05, 0) is 49.5 Å². The fourth-order valence-electron chi connectivity index (χ4n) is 4.25. The first-order valence-corrected chi connectivity index (χ1v) is 12.5. The van der Waals surface area contributed by atoms with Crippen molar-refractivity contribution in [3.05, 3.63) is 80.9 Å². The number of carbonyl (C=O) groups is 2. The molecule has 1 saturated heterocycles. The molecular formula is C26H28ClN3O2S. The Morgan fingerprint density at radius 1 is 1.27 bits per heavy atom. The third-order valence-corrected chi connectivity index (χ3v) is 7.58. The van der Waals surface area contributed by atoms with Crippen molar-refractivity contribution in [3.8, 4) is 0 Å². The van der Waals surface area contributed by atoms with Gasteiger partial charge in [-0.15, -0.1) is 11.3 Å². The second-order valence-electron chi connectivity index (χ2n) is 8.47. The number of aryl methyl sites for hydroxylation is 1. The van der Waals surface area contributed by atoms with Crippen LogP contribution in [0.4, 0.5) is 0 Å². The van der Waals surface area contributed by atoms with E-state index in [1.807, 2.05) is 31.5 Å². The van der Waals surface area contributed by atoms with E-state index in [-0.39, 0.29) is 17.7 Å². The maximum Gasteiger partial charge on any atom is 0.254 e. The van der Waals surface area contributed by atoms with Crippen molar-refractivity contribution < 1.29 is 9.59 Å². The van der Waals surface area contributed by atoms with Crippen LogP contribution in [0.5, 0.6) is 0 Å². The molecule has 2 amide bonds. The summed E-state index contributed by atoms with van der Waals surface area (Å²) >= 11 is 7.85. The average Bonchev–Trinajstić information content (AvgIpc) is 3.35. The van der Waals surface area contributed by atoms with Gasteiger partial charge < -0.3 is 10.2 Å².